The van der Waals surface area contributed by atoms with Gasteiger partial charge < -0.3 is 10.2 Å². The Morgan fingerprint density at radius 3 is 2.81 bits per heavy atom. The molecule has 0 spiro atoms. The number of nitriles is 1. The van der Waals surface area contributed by atoms with Crippen LogP contribution < -0.4 is 5.32 Å². The number of amides is 2. The van der Waals surface area contributed by atoms with Crippen LogP contribution in [-0.2, 0) is 11.3 Å². The largest absolute Gasteiger partial charge is 0.351 e. The Kier molecular flexibility index (Phi) is 4.63. The SMILES string of the molecule is N#Cc1cccc(C(=O)N2Cc3ccnn3[C@H](C(=O)NC3CCCC3)C2)c1. The van der Waals surface area contributed by atoms with Gasteiger partial charge in [-0.2, -0.15) is 10.4 Å². The molecule has 0 radical (unpaired) electrons. The van der Waals surface area contributed by atoms with E-state index in [1.165, 1.54) is 0 Å². The number of carbonyl (C=O) groups is 2. The van der Waals surface area contributed by atoms with Gasteiger partial charge in [-0.1, -0.05) is 18.9 Å². The molecule has 1 fully saturated rings. The number of fused-ring (bicyclic) bond motifs is 1. The van der Waals surface area contributed by atoms with Crippen LogP contribution in [0.1, 0.15) is 53.3 Å². The van der Waals surface area contributed by atoms with Crippen molar-refractivity contribution in [1.82, 2.24) is 20.0 Å². The van der Waals surface area contributed by atoms with Crippen molar-refractivity contribution in [1.29, 1.82) is 5.26 Å². The van der Waals surface area contributed by atoms with E-state index >= 15 is 0 Å². The average molecular weight is 363 g/mol. The number of hydrogen-bond donors (Lipinski definition) is 1. The molecule has 1 aliphatic carbocycles. The zero-order valence-electron chi connectivity index (χ0n) is 15.0. The number of nitrogens with one attached hydrogen (secondary N) is 1. The maximum Gasteiger partial charge on any atom is 0.254 e. The van der Waals surface area contributed by atoms with Gasteiger partial charge in [-0.05, 0) is 37.1 Å². The lowest BCUT2D eigenvalue weighted by molar-refractivity contribution is -0.126. The highest BCUT2D eigenvalue weighted by molar-refractivity contribution is 5.95. The predicted octanol–water partition coefficient (Wildman–Crippen LogP) is 2.01. The second kappa shape index (κ2) is 7.23. The minimum Gasteiger partial charge on any atom is -0.351 e. The van der Waals surface area contributed by atoms with E-state index in [0.29, 0.717) is 17.7 Å². The fourth-order valence-corrected chi connectivity index (χ4v) is 3.91. The fraction of sp³-hybridized carbons (Fsp3) is 0.400. The van der Waals surface area contributed by atoms with E-state index in [1.54, 1.807) is 40.0 Å². The van der Waals surface area contributed by atoms with Crippen LogP contribution in [0.3, 0.4) is 0 Å². The van der Waals surface area contributed by atoms with E-state index < -0.39 is 6.04 Å². The van der Waals surface area contributed by atoms with Crippen molar-refractivity contribution in [3.63, 3.8) is 0 Å². The van der Waals surface area contributed by atoms with Crippen molar-refractivity contribution in [2.24, 2.45) is 0 Å². The molecule has 0 unspecified atom stereocenters. The molecule has 4 rings (SSSR count). The molecule has 2 aliphatic rings. The summed E-state index contributed by atoms with van der Waals surface area (Å²) in [5, 5.41) is 16.5. The smallest absolute Gasteiger partial charge is 0.254 e. The minimum absolute atomic E-state index is 0.0878. The molecular formula is C20H21N5O2. The summed E-state index contributed by atoms with van der Waals surface area (Å²) in [6, 6.07) is 10.2. The topological polar surface area (TPSA) is 91.0 Å². The molecule has 7 nitrogen and oxygen atoms in total. The fourth-order valence-electron chi connectivity index (χ4n) is 3.91. The molecule has 1 saturated carbocycles. The molecule has 7 heteroatoms. The summed E-state index contributed by atoms with van der Waals surface area (Å²) in [6.07, 6.45) is 5.96. The van der Waals surface area contributed by atoms with Crippen LogP contribution in [-0.4, -0.2) is 39.1 Å². The van der Waals surface area contributed by atoms with Crippen molar-refractivity contribution >= 4 is 11.8 Å². The molecule has 0 bridgehead atoms. The molecular weight excluding hydrogens is 342 g/mol. The molecule has 27 heavy (non-hydrogen) atoms. The molecule has 2 aromatic rings. The van der Waals surface area contributed by atoms with E-state index in [0.717, 1.165) is 31.4 Å². The van der Waals surface area contributed by atoms with Gasteiger partial charge in [0.25, 0.3) is 5.91 Å². The molecule has 1 atom stereocenters. The van der Waals surface area contributed by atoms with Gasteiger partial charge in [-0.25, -0.2) is 0 Å². The zero-order valence-corrected chi connectivity index (χ0v) is 15.0. The molecule has 2 heterocycles. The summed E-state index contributed by atoms with van der Waals surface area (Å²) in [5.41, 5.74) is 1.73. The van der Waals surface area contributed by atoms with Crippen LogP contribution >= 0.6 is 0 Å². The van der Waals surface area contributed by atoms with E-state index in [9.17, 15) is 9.59 Å². The van der Waals surface area contributed by atoms with E-state index in [2.05, 4.69) is 16.5 Å². The summed E-state index contributed by atoms with van der Waals surface area (Å²) in [5.74, 6) is -0.270. The number of nitrogens with zero attached hydrogens (tertiary/aromatic N) is 4. The van der Waals surface area contributed by atoms with Crippen LogP contribution in [0.5, 0.6) is 0 Å². The van der Waals surface area contributed by atoms with Gasteiger partial charge in [-0.15, -0.1) is 0 Å². The van der Waals surface area contributed by atoms with Crippen LogP contribution in [0, 0.1) is 11.3 Å². The highest BCUT2D eigenvalue weighted by Gasteiger charge is 2.34. The minimum atomic E-state index is -0.535. The first-order chi connectivity index (χ1) is 13.2. The van der Waals surface area contributed by atoms with E-state index in [1.807, 2.05) is 6.07 Å². The van der Waals surface area contributed by atoms with Gasteiger partial charge in [0, 0.05) is 17.8 Å². The maximum absolute atomic E-state index is 13.0. The Hall–Kier alpha value is -3.14. The molecule has 138 valence electrons. The highest BCUT2D eigenvalue weighted by atomic mass is 16.2. The third kappa shape index (κ3) is 3.43. The van der Waals surface area contributed by atoms with Crippen LogP contribution in [0.2, 0.25) is 0 Å². The van der Waals surface area contributed by atoms with Crippen molar-refractivity contribution in [2.75, 3.05) is 6.54 Å². The lowest BCUT2D eigenvalue weighted by Gasteiger charge is -2.33. The molecule has 2 amide bonds. The van der Waals surface area contributed by atoms with Gasteiger partial charge in [0.2, 0.25) is 5.91 Å². The number of rotatable bonds is 3. The van der Waals surface area contributed by atoms with Crippen molar-refractivity contribution in [3.05, 3.63) is 53.3 Å². The van der Waals surface area contributed by atoms with Crippen LogP contribution in [0.15, 0.2) is 36.5 Å². The Labute approximate surface area is 157 Å². The quantitative estimate of drug-likeness (QED) is 0.903. The second-order valence-corrected chi connectivity index (χ2v) is 7.15. The summed E-state index contributed by atoms with van der Waals surface area (Å²) in [6.45, 7) is 0.658. The third-order valence-corrected chi connectivity index (χ3v) is 5.32. The van der Waals surface area contributed by atoms with Crippen molar-refractivity contribution in [2.45, 2.75) is 44.3 Å². The Morgan fingerprint density at radius 1 is 1.22 bits per heavy atom. The Morgan fingerprint density at radius 2 is 2.04 bits per heavy atom. The maximum atomic E-state index is 13.0. The monoisotopic (exact) mass is 363 g/mol. The Bertz CT molecular complexity index is 907. The molecule has 1 aromatic carbocycles. The Balaban J connectivity index is 1.56. The standard InChI is InChI=1S/C20H21N5O2/c21-11-14-4-3-5-15(10-14)20(27)24-12-17-8-9-22-25(17)18(13-24)19(26)23-16-6-1-2-7-16/h3-5,8-10,16,18H,1-2,6-7,12-13H2,(H,23,26)/t18-/m0/s1. The predicted molar refractivity (Wildman–Crippen MR) is 97.6 cm³/mol. The first kappa shape index (κ1) is 17.3. The van der Waals surface area contributed by atoms with E-state index in [-0.39, 0.29) is 24.4 Å². The zero-order chi connectivity index (χ0) is 18.8. The third-order valence-electron chi connectivity index (χ3n) is 5.32. The first-order valence-electron chi connectivity index (χ1n) is 9.28. The van der Waals surface area contributed by atoms with Crippen molar-refractivity contribution in [3.8, 4) is 6.07 Å². The lowest BCUT2D eigenvalue weighted by Crippen LogP contribution is -2.48. The summed E-state index contributed by atoms with van der Waals surface area (Å²) in [4.78, 5) is 27.5. The number of hydrogen-bond acceptors (Lipinski definition) is 4. The lowest BCUT2D eigenvalue weighted by atomic mass is 10.1. The molecule has 1 aliphatic heterocycles. The molecule has 0 saturated heterocycles. The summed E-state index contributed by atoms with van der Waals surface area (Å²) in [7, 11) is 0. The highest BCUT2D eigenvalue weighted by Crippen LogP contribution is 2.24. The molecule has 1 aromatic heterocycles. The van der Waals surface area contributed by atoms with Gasteiger partial charge in [0.15, 0.2) is 0 Å². The normalized spacial score (nSPS) is 19.4. The number of aromatic nitrogens is 2. The second-order valence-electron chi connectivity index (χ2n) is 7.15. The van der Waals surface area contributed by atoms with Gasteiger partial charge in [0.1, 0.15) is 6.04 Å². The number of benzene rings is 1. The van der Waals surface area contributed by atoms with Crippen molar-refractivity contribution < 1.29 is 9.59 Å². The number of carbonyl (C=O) groups excluding carboxylic acids is 2. The van der Waals surface area contributed by atoms with Crippen LogP contribution in [0.4, 0.5) is 0 Å². The summed E-state index contributed by atoms with van der Waals surface area (Å²) < 4.78 is 1.72. The van der Waals surface area contributed by atoms with Gasteiger partial charge >= 0.3 is 0 Å². The van der Waals surface area contributed by atoms with Gasteiger partial charge in [0.05, 0.1) is 30.4 Å². The first-order valence-corrected chi connectivity index (χ1v) is 9.28. The summed E-state index contributed by atoms with van der Waals surface area (Å²) >= 11 is 0. The average Bonchev–Trinajstić information content (AvgIpc) is 3.38. The molecule has 1 N–H and O–H groups in total. The van der Waals surface area contributed by atoms with Crippen LogP contribution in [0.25, 0.3) is 0 Å². The van der Waals surface area contributed by atoms with E-state index in [4.69, 9.17) is 5.26 Å². The van der Waals surface area contributed by atoms with Gasteiger partial charge in [-0.3, -0.25) is 14.3 Å².